The number of aromatic nitrogens is 3. The van der Waals surface area contributed by atoms with Crippen LogP contribution in [0.2, 0.25) is 0 Å². The second-order valence-electron chi connectivity index (χ2n) is 5.89. The summed E-state index contributed by atoms with van der Waals surface area (Å²) >= 11 is 0. The minimum absolute atomic E-state index is 0.160. The van der Waals surface area contributed by atoms with Crippen LogP contribution >= 0.6 is 0 Å². The number of carbonyl (C=O) groups is 1. The topological polar surface area (TPSA) is 93.2 Å². The predicted molar refractivity (Wildman–Crippen MR) is 87.7 cm³/mol. The molecule has 3 rings (SSSR count). The van der Waals surface area contributed by atoms with Crippen LogP contribution in [-0.4, -0.2) is 20.5 Å². The number of fused-ring (bicyclic) bond motifs is 1. The van der Waals surface area contributed by atoms with E-state index in [2.05, 4.69) is 36.1 Å². The van der Waals surface area contributed by atoms with E-state index >= 15 is 0 Å². The van der Waals surface area contributed by atoms with E-state index in [0.29, 0.717) is 23.7 Å². The summed E-state index contributed by atoms with van der Waals surface area (Å²) in [4.78, 5) is 27.7. The lowest BCUT2D eigenvalue weighted by Gasteiger charge is -2.06. The van der Waals surface area contributed by atoms with Gasteiger partial charge in [0.1, 0.15) is 5.69 Å². The minimum Gasteiger partial charge on any atom is -0.364 e. The van der Waals surface area contributed by atoms with Gasteiger partial charge in [-0.2, -0.15) is 0 Å². The number of nitrogens with zero attached hydrogens (tertiary/aromatic N) is 2. The molecular formula is C17H18N4O2. The number of nitrogens with two attached hydrogens (primary N) is 1. The summed E-state index contributed by atoms with van der Waals surface area (Å²) < 4.78 is 1.21. The van der Waals surface area contributed by atoms with Crippen molar-refractivity contribution in [3.05, 3.63) is 69.3 Å². The van der Waals surface area contributed by atoms with E-state index in [0.717, 1.165) is 5.56 Å². The number of H-pyrrole nitrogens is 1. The van der Waals surface area contributed by atoms with Crippen molar-refractivity contribution < 1.29 is 4.79 Å². The van der Waals surface area contributed by atoms with Gasteiger partial charge in [-0.1, -0.05) is 38.1 Å². The van der Waals surface area contributed by atoms with E-state index in [1.54, 1.807) is 0 Å². The summed E-state index contributed by atoms with van der Waals surface area (Å²) in [6.07, 6.45) is 0.557. The lowest BCUT2D eigenvalue weighted by Crippen LogP contribution is -2.17. The zero-order valence-corrected chi connectivity index (χ0v) is 13.0. The minimum atomic E-state index is -0.624. The van der Waals surface area contributed by atoms with Gasteiger partial charge >= 0.3 is 0 Å². The van der Waals surface area contributed by atoms with Gasteiger partial charge in [-0.05, 0) is 17.0 Å². The molecule has 6 heteroatoms. The molecule has 1 aromatic carbocycles. The second-order valence-corrected chi connectivity index (χ2v) is 5.89. The van der Waals surface area contributed by atoms with E-state index < -0.39 is 5.91 Å². The Labute approximate surface area is 133 Å². The Morgan fingerprint density at radius 1 is 1.26 bits per heavy atom. The van der Waals surface area contributed by atoms with Crippen molar-refractivity contribution in [2.45, 2.75) is 26.2 Å². The van der Waals surface area contributed by atoms with Gasteiger partial charge in [-0.25, -0.2) is 9.50 Å². The Kier molecular flexibility index (Phi) is 3.73. The molecule has 0 saturated carbocycles. The summed E-state index contributed by atoms with van der Waals surface area (Å²) in [6, 6.07) is 11.2. The average molecular weight is 310 g/mol. The standard InChI is InChI=1S/C17H18N4O2/c1-10(2)12-5-3-11(4-6-12)7-13-8-16(22)21-15(19-13)9-14(20-21)17(18)23/h3-6,8-10,20H,7H2,1-2H3,(H2,18,23). The first-order valence-corrected chi connectivity index (χ1v) is 7.44. The van der Waals surface area contributed by atoms with Crippen molar-refractivity contribution in [3.8, 4) is 0 Å². The highest BCUT2D eigenvalue weighted by atomic mass is 16.1. The van der Waals surface area contributed by atoms with Gasteiger partial charge in [0.25, 0.3) is 11.5 Å². The lowest BCUT2D eigenvalue weighted by molar-refractivity contribution is 0.0995. The molecule has 0 bridgehead atoms. The summed E-state index contributed by atoms with van der Waals surface area (Å²) in [5.41, 5.74) is 8.50. The molecule has 0 spiro atoms. The molecule has 0 aliphatic carbocycles. The third-order valence-corrected chi connectivity index (χ3v) is 3.80. The van der Waals surface area contributed by atoms with Crippen molar-refractivity contribution in [1.29, 1.82) is 0 Å². The van der Waals surface area contributed by atoms with E-state index in [1.165, 1.54) is 22.2 Å². The SMILES string of the molecule is CC(C)c1ccc(Cc2cc(=O)n3[nH]c(C(N)=O)cc3n2)cc1. The molecule has 0 aliphatic rings. The number of carbonyl (C=O) groups excluding carboxylic acids is 1. The molecule has 2 heterocycles. The number of hydrogen-bond donors (Lipinski definition) is 2. The summed E-state index contributed by atoms with van der Waals surface area (Å²) in [7, 11) is 0. The highest BCUT2D eigenvalue weighted by Crippen LogP contribution is 2.16. The van der Waals surface area contributed by atoms with Crippen LogP contribution in [0.25, 0.3) is 5.65 Å². The molecule has 0 unspecified atom stereocenters. The molecule has 0 aliphatic heterocycles. The van der Waals surface area contributed by atoms with E-state index in [4.69, 9.17) is 5.73 Å². The zero-order valence-electron chi connectivity index (χ0n) is 13.0. The lowest BCUT2D eigenvalue weighted by atomic mass is 10.0. The number of rotatable bonds is 4. The van der Waals surface area contributed by atoms with Crippen LogP contribution in [0.5, 0.6) is 0 Å². The van der Waals surface area contributed by atoms with Crippen molar-refractivity contribution in [2.75, 3.05) is 0 Å². The molecular weight excluding hydrogens is 292 g/mol. The van der Waals surface area contributed by atoms with Gasteiger partial charge in [0.15, 0.2) is 5.65 Å². The quantitative estimate of drug-likeness (QED) is 0.770. The van der Waals surface area contributed by atoms with Gasteiger partial charge in [0, 0.05) is 18.6 Å². The van der Waals surface area contributed by atoms with E-state index in [-0.39, 0.29) is 11.3 Å². The molecule has 2 aromatic heterocycles. The Morgan fingerprint density at radius 3 is 2.57 bits per heavy atom. The first-order chi connectivity index (χ1) is 10.9. The molecule has 1 amide bonds. The average Bonchev–Trinajstić information content (AvgIpc) is 2.92. The van der Waals surface area contributed by atoms with E-state index in [1.807, 2.05) is 12.1 Å². The third kappa shape index (κ3) is 3.01. The largest absolute Gasteiger partial charge is 0.364 e. The van der Waals surface area contributed by atoms with Crippen molar-refractivity contribution in [1.82, 2.24) is 14.6 Å². The maximum absolute atomic E-state index is 12.1. The van der Waals surface area contributed by atoms with Crippen molar-refractivity contribution in [3.63, 3.8) is 0 Å². The highest BCUT2D eigenvalue weighted by Gasteiger charge is 2.10. The first kappa shape index (κ1) is 15.0. The normalized spacial score (nSPS) is 11.3. The maximum Gasteiger partial charge on any atom is 0.272 e. The Morgan fingerprint density at radius 2 is 1.96 bits per heavy atom. The summed E-state index contributed by atoms with van der Waals surface area (Å²) in [5.74, 6) is -0.143. The number of hydrogen-bond acceptors (Lipinski definition) is 3. The Bertz CT molecular complexity index is 920. The van der Waals surface area contributed by atoms with Gasteiger partial charge in [-0.15, -0.1) is 0 Å². The molecule has 0 atom stereocenters. The Balaban J connectivity index is 1.93. The van der Waals surface area contributed by atoms with Crippen LogP contribution in [-0.2, 0) is 6.42 Å². The highest BCUT2D eigenvalue weighted by molar-refractivity contribution is 5.91. The monoisotopic (exact) mass is 310 g/mol. The smallest absolute Gasteiger partial charge is 0.272 e. The van der Waals surface area contributed by atoms with Gasteiger partial charge in [0.05, 0.1) is 5.69 Å². The van der Waals surface area contributed by atoms with Gasteiger partial charge in [-0.3, -0.25) is 14.7 Å². The molecule has 3 aromatic rings. The number of aromatic amines is 1. The molecule has 0 fully saturated rings. The zero-order chi connectivity index (χ0) is 16.6. The maximum atomic E-state index is 12.1. The first-order valence-electron chi connectivity index (χ1n) is 7.44. The van der Waals surface area contributed by atoms with Crippen LogP contribution in [0.3, 0.4) is 0 Å². The molecule has 118 valence electrons. The second kappa shape index (κ2) is 5.72. The number of primary amides is 1. The fraction of sp³-hybridized carbons (Fsp3) is 0.235. The van der Waals surface area contributed by atoms with Crippen LogP contribution in [0.4, 0.5) is 0 Å². The van der Waals surface area contributed by atoms with Crippen LogP contribution in [0, 0.1) is 0 Å². The Hall–Kier alpha value is -2.89. The molecule has 0 saturated heterocycles. The predicted octanol–water partition coefficient (Wildman–Crippen LogP) is 1.84. The van der Waals surface area contributed by atoms with Crippen LogP contribution in [0.1, 0.15) is 47.1 Å². The van der Waals surface area contributed by atoms with Crippen LogP contribution in [0.15, 0.2) is 41.2 Å². The van der Waals surface area contributed by atoms with E-state index in [9.17, 15) is 9.59 Å². The molecule has 3 N–H and O–H groups in total. The third-order valence-electron chi connectivity index (χ3n) is 3.80. The molecule has 6 nitrogen and oxygen atoms in total. The number of benzene rings is 1. The summed E-state index contributed by atoms with van der Waals surface area (Å²) in [6.45, 7) is 4.29. The molecule has 0 radical (unpaired) electrons. The number of nitrogens with one attached hydrogen (secondary N) is 1. The summed E-state index contributed by atoms with van der Waals surface area (Å²) in [5, 5.41) is 2.64. The fourth-order valence-electron chi connectivity index (χ4n) is 2.49. The van der Waals surface area contributed by atoms with Crippen LogP contribution < -0.4 is 11.3 Å². The van der Waals surface area contributed by atoms with Crippen molar-refractivity contribution >= 4 is 11.6 Å². The van der Waals surface area contributed by atoms with Gasteiger partial charge < -0.3 is 5.73 Å². The molecule has 23 heavy (non-hydrogen) atoms. The van der Waals surface area contributed by atoms with Gasteiger partial charge in [0.2, 0.25) is 0 Å². The number of amides is 1. The fourth-order valence-corrected chi connectivity index (χ4v) is 2.49. The van der Waals surface area contributed by atoms with Crippen molar-refractivity contribution in [2.24, 2.45) is 5.73 Å².